The molecular formula is C13H23N3O. The second-order valence-corrected chi connectivity index (χ2v) is 4.87. The fourth-order valence-electron chi connectivity index (χ4n) is 2.43. The molecular weight excluding hydrogens is 214 g/mol. The largest absolute Gasteiger partial charge is 0.378 e. The summed E-state index contributed by atoms with van der Waals surface area (Å²) in [5.41, 5.74) is 0. The van der Waals surface area contributed by atoms with Gasteiger partial charge in [0.25, 0.3) is 0 Å². The summed E-state index contributed by atoms with van der Waals surface area (Å²) in [6.07, 6.45) is 10.1. The fraction of sp³-hybridized carbons (Fsp3) is 0.769. The Morgan fingerprint density at radius 3 is 3.06 bits per heavy atom. The first-order chi connectivity index (χ1) is 8.29. The van der Waals surface area contributed by atoms with Crippen LogP contribution in [-0.2, 0) is 18.2 Å². The number of nitrogens with one attached hydrogen (secondary N) is 1. The van der Waals surface area contributed by atoms with Crippen molar-refractivity contribution in [2.24, 2.45) is 7.05 Å². The van der Waals surface area contributed by atoms with Gasteiger partial charge < -0.3 is 14.6 Å². The van der Waals surface area contributed by atoms with E-state index in [0.29, 0.717) is 12.1 Å². The van der Waals surface area contributed by atoms with Gasteiger partial charge in [0.15, 0.2) is 0 Å². The highest BCUT2D eigenvalue weighted by Crippen LogP contribution is 2.18. The summed E-state index contributed by atoms with van der Waals surface area (Å²) < 4.78 is 7.88. The van der Waals surface area contributed by atoms with Crippen molar-refractivity contribution < 1.29 is 4.74 Å². The molecule has 1 saturated heterocycles. The average Bonchev–Trinajstić information content (AvgIpc) is 2.75. The van der Waals surface area contributed by atoms with E-state index in [1.165, 1.54) is 19.3 Å². The first kappa shape index (κ1) is 12.6. The second-order valence-electron chi connectivity index (χ2n) is 4.87. The standard InChI is InChI=1S/C13H23N3O/c1-14-11(9-12-5-3-4-8-17-12)10-13-15-6-7-16(13)2/h6-7,11-12,14H,3-5,8-10H2,1-2H3. The van der Waals surface area contributed by atoms with Crippen LogP contribution in [0.5, 0.6) is 0 Å². The van der Waals surface area contributed by atoms with E-state index < -0.39 is 0 Å². The highest BCUT2D eigenvalue weighted by atomic mass is 16.5. The van der Waals surface area contributed by atoms with Crippen molar-refractivity contribution in [3.05, 3.63) is 18.2 Å². The molecule has 17 heavy (non-hydrogen) atoms. The van der Waals surface area contributed by atoms with Crippen LogP contribution in [0.4, 0.5) is 0 Å². The number of hydrogen-bond acceptors (Lipinski definition) is 3. The van der Waals surface area contributed by atoms with E-state index in [0.717, 1.165) is 25.3 Å². The van der Waals surface area contributed by atoms with Crippen molar-refractivity contribution in [3.8, 4) is 0 Å². The third-order valence-corrected chi connectivity index (χ3v) is 3.58. The van der Waals surface area contributed by atoms with Gasteiger partial charge in [0.1, 0.15) is 5.82 Å². The van der Waals surface area contributed by atoms with Gasteiger partial charge in [-0.3, -0.25) is 0 Å². The van der Waals surface area contributed by atoms with Crippen molar-refractivity contribution in [1.82, 2.24) is 14.9 Å². The predicted octanol–water partition coefficient (Wildman–Crippen LogP) is 1.51. The lowest BCUT2D eigenvalue weighted by molar-refractivity contribution is 0.00555. The molecule has 1 aliphatic rings. The molecule has 2 atom stereocenters. The number of aryl methyl sites for hydroxylation is 1. The Labute approximate surface area is 103 Å². The summed E-state index contributed by atoms with van der Waals surface area (Å²) in [6, 6.07) is 0.458. The number of rotatable bonds is 5. The molecule has 4 heteroatoms. The van der Waals surface area contributed by atoms with E-state index in [1.807, 2.05) is 26.5 Å². The second kappa shape index (κ2) is 6.17. The number of ether oxygens (including phenoxy) is 1. The van der Waals surface area contributed by atoms with Crippen molar-refractivity contribution in [1.29, 1.82) is 0 Å². The summed E-state index contributed by atoms with van der Waals surface area (Å²) in [5.74, 6) is 1.14. The molecule has 0 bridgehead atoms. The zero-order chi connectivity index (χ0) is 12.1. The van der Waals surface area contributed by atoms with Gasteiger partial charge in [-0.05, 0) is 32.7 Å². The summed E-state index contributed by atoms with van der Waals surface area (Å²) >= 11 is 0. The van der Waals surface area contributed by atoms with Crippen LogP contribution in [0.3, 0.4) is 0 Å². The van der Waals surface area contributed by atoms with Crippen molar-refractivity contribution in [3.63, 3.8) is 0 Å². The van der Waals surface area contributed by atoms with Crippen LogP contribution in [0.15, 0.2) is 12.4 Å². The smallest absolute Gasteiger partial charge is 0.109 e. The van der Waals surface area contributed by atoms with Crippen LogP contribution in [0.2, 0.25) is 0 Å². The fourth-order valence-corrected chi connectivity index (χ4v) is 2.43. The molecule has 0 aliphatic carbocycles. The minimum Gasteiger partial charge on any atom is -0.378 e. The first-order valence-electron chi connectivity index (χ1n) is 6.54. The van der Waals surface area contributed by atoms with E-state index in [2.05, 4.69) is 14.9 Å². The third-order valence-electron chi connectivity index (χ3n) is 3.58. The Morgan fingerprint density at radius 2 is 2.47 bits per heavy atom. The molecule has 4 nitrogen and oxygen atoms in total. The van der Waals surface area contributed by atoms with Crippen LogP contribution in [0.25, 0.3) is 0 Å². The minimum absolute atomic E-state index is 0.432. The Kier molecular flexibility index (Phi) is 4.57. The van der Waals surface area contributed by atoms with Gasteiger partial charge in [-0.15, -0.1) is 0 Å². The molecule has 2 heterocycles. The highest BCUT2D eigenvalue weighted by Gasteiger charge is 2.19. The molecule has 0 spiro atoms. The van der Waals surface area contributed by atoms with Gasteiger partial charge in [-0.25, -0.2) is 4.98 Å². The molecule has 1 N–H and O–H groups in total. The monoisotopic (exact) mass is 237 g/mol. The number of hydrogen-bond donors (Lipinski definition) is 1. The predicted molar refractivity (Wildman–Crippen MR) is 68.0 cm³/mol. The normalized spacial score (nSPS) is 22.6. The lowest BCUT2D eigenvalue weighted by Crippen LogP contribution is -2.34. The molecule has 0 amide bonds. The van der Waals surface area contributed by atoms with Crippen LogP contribution in [0, 0.1) is 0 Å². The van der Waals surface area contributed by atoms with Gasteiger partial charge in [0, 0.05) is 38.5 Å². The van der Waals surface area contributed by atoms with E-state index in [-0.39, 0.29) is 0 Å². The Bertz CT molecular complexity index is 331. The molecule has 0 saturated carbocycles. The number of nitrogens with zero attached hydrogens (tertiary/aromatic N) is 2. The average molecular weight is 237 g/mol. The summed E-state index contributed by atoms with van der Waals surface area (Å²) in [7, 11) is 4.07. The highest BCUT2D eigenvalue weighted by molar-refractivity contribution is 4.95. The number of imidazole rings is 1. The first-order valence-corrected chi connectivity index (χ1v) is 6.54. The quantitative estimate of drug-likeness (QED) is 0.843. The molecule has 96 valence electrons. The maximum Gasteiger partial charge on any atom is 0.109 e. The van der Waals surface area contributed by atoms with Crippen LogP contribution >= 0.6 is 0 Å². The van der Waals surface area contributed by atoms with Gasteiger partial charge in [-0.2, -0.15) is 0 Å². The van der Waals surface area contributed by atoms with Crippen LogP contribution in [0.1, 0.15) is 31.5 Å². The number of likely N-dealkylation sites (N-methyl/N-ethyl adjacent to an activating group) is 1. The lowest BCUT2D eigenvalue weighted by atomic mass is 10.00. The van der Waals surface area contributed by atoms with E-state index >= 15 is 0 Å². The minimum atomic E-state index is 0.432. The van der Waals surface area contributed by atoms with Crippen molar-refractivity contribution in [2.75, 3.05) is 13.7 Å². The number of aromatic nitrogens is 2. The van der Waals surface area contributed by atoms with Gasteiger partial charge in [-0.1, -0.05) is 0 Å². The third kappa shape index (κ3) is 3.54. The molecule has 2 unspecified atom stereocenters. The van der Waals surface area contributed by atoms with E-state index in [1.54, 1.807) is 0 Å². The van der Waals surface area contributed by atoms with E-state index in [9.17, 15) is 0 Å². The molecule has 1 aliphatic heterocycles. The molecule has 1 aromatic rings. The lowest BCUT2D eigenvalue weighted by Gasteiger charge is -2.26. The molecule has 0 radical (unpaired) electrons. The maximum absolute atomic E-state index is 5.79. The summed E-state index contributed by atoms with van der Waals surface area (Å²) in [4.78, 5) is 4.38. The van der Waals surface area contributed by atoms with Gasteiger partial charge in [0.05, 0.1) is 6.10 Å². The summed E-state index contributed by atoms with van der Waals surface area (Å²) in [5, 5.41) is 3.38. The van der Waals surface area contributed by atoms with Crippen LogP contribution < -0.4 is 5.32 Å². The van der Waals surface area contributed by atoms with E-state index in [4.69, 9.17) is 4.74 Å². The zero-order valence-corrected chi connectivity index (χ0v) is 10.9. The Hall–Kier alpha value is -0.870. The molecule has 2 rings (SSSR count). The topological polar surface area (TPSA) is 39.1 Å². The molecule has 0 aromatic carbocycles. The maximum atomic E-state index is 5.79. The van der Waals surface area contributed by atoms with Gasteiger partial charge in [0.2, 0.25) is 0 Å². The zero-order valence-electron chi connectivity index (χ0n) is 10.9. The Balaban J connectivity index is 1.85. The molecule has 1 aromatic heterocycles. The molecule has 1 fully saturated rings. The SMILES string of the molecule is CNC(Cc1nccn1C)CC1CCCCO1. The summed E-state index contributed by atoms with van der Waals surface area (Å²) in [6.45, 7) is 0.934. The van der Waals surface area contributed by atoms with Crippen molar-refractivity contribution >= 4 is 0 Å². The van der Waals surface area contributed by atoms with Crippen LogP contribution in [-0.4, -0.2) is 35.4 Å². The van der Waals surface area contributed by atoms with Crippen molar-refractivity contribution in [2.45, 2.75) is 44.2 Å². The van der Waals surface area contributed by atoms with Gasteiger partial charge >= 0.3 is 0 Å². The Morgan fingerprint density at radius 1 is 1.59 bits per heavy atom.